The second kappa shape index (κ2) is 6.79. The zero-order valence-electron chi connectivity index (χ0n) is 12.4. The van der Waals surface area contributed by atoms with Crippen LogP contribution >= 0.6 is 0 Å². The SMILES string of the molecule is COc1cc(C)c(C=O)c(OCc2ccccc2)c1OC. The minimum atomic E-state index is 0.352. The van der Waals surface area contributed by atoms with Gasteiger partial charge in [-0.25, -0.2) is 0 Å². The van der Waals surface area contributed by atoms with Gasteiger partial charge >= 0.3 is 0 Å². The summed E-state index contributed by atoms with van der Waals surface area (Å²) in [6, 6.07) is 11.5. The molecule has 0 aromatic heterocycles. The standard InChI is InChI=1S/C17H18O4/c1-12-9-15(19-2)17(20-3)16(14(12)10-18)21-11-13-7-5-4-6-8-13/h4-10H,11H2,1-3H3. The lowest BCUT2D eigenvalue weighted by Crippen LogP contribution is -2.04. The van der Waals surface area contributed by atoms with E-state index in [4.69, 9.17) is 14.2 Å². The normalized spacial score (nSPS) is 10.0. The van der Waals surface area contributed by atoms with Crippen molar-refractivity contribution in [3.8, 4) is 17.2 Å². The van der Waals surface area contributed by atoms with Crippen molar-refractivity contribution in [3.63, 3.8) is 0 Å². The van der Waals surface area contributed by atoms with Gasteiger partial charge in [0.1, 0.15) is 6.61 Å². The van der Waals surface area contributed by atoms with Crippen molar-refractivity contribution in [1.82, 2.24) is 0 Å². The van der Waals surface area contributed by atoms with Crippen LogP contribution in [0.2, 0.25) is 0 Å². The minimum Gasteiger partial charge on any atom is -0.493 e. The smallest absolute Gasteiger partial charge is 0.204 e. The van der Waals surface area contributed by atoms with E-state index in [9.17, 15) is 4.79 Å². The Hall–Kier alpha value is -2.49. The number of aldehydes is 1. The molecule has 0 spiro atoms. The highest BCUT2D eigenvalue weighted by molar-refractivity contribution is 5.85. The Labute approximate surface area is 124 Å². The Kier molecular flexibility index (Phi) is 4.82. The predicted molar refractivity (Wildman–Crippen MR) is 80.4 cm³/mol. The Morgan fingerprint density at radius 3 is 2.33 bits per heavy atom. The van der Waals surface area contributed by atoms with E-state index in [2.05, 4.69) is 0 Å². The van der Waals surface area contributed by atoms with E-state index in [-0.39, 0.29) is 0 Å². The van der Waals surface area contributed by atoms with Gasteiger partial charge < -0.3 is 14.2 Å². The van der Waals surface area contributed by atoms with Crippen LogP contribution in [0, 0.1) is 6.92 Å². The van der Waals surface area contributed by atoms with Crippen LogP contribution in [0.4, 0.5) is 0 Å². The van der Waals surface area contributed by atoms with Crippen LogP contribution in [0.5, 0.6) is 17.2 Å². The van der Waals surface area contributed by atoms with E-state index in [0.29, 0.717) is 29.4 Å². The summed E-state index contributed by atoms with van der Waals surface area (Å²) in [6.07, 6.45) is 0.775. The largest absolute Gasteiger partial charge is 0.493 e. The quantitative estimate of drug-likeness (QED) is 0.763. The number of methoxy groups -OCH3 is 2. The first-order valence-corrected chi connectivity index (χ1v) is 6.58. The molecular formula is C17H18O4. The molecule has 0 bridgehead atoms. The highest BCUT2D eigenvalue weighted by Crippen LogP contribution is 2.41. The molecule has 21 heavy (non-hydrogen) atoms. The van der Waals surface area contributed by atoms with Crippen molar-refractivity contribution >= 4 is 6.29 Å². The Balaban J connectivity index is 2.40. The summed E-state index contributed by atoms with van der Waals surface area (Å²) in [6.45, 7) is 2.19. The van der Waals surface area contributed by atoms with Crippen molar-refractivity contribution in [2.75, 3.05) is 14.2 Å². The number of hydrogen-bond acceptors (Lipinski definition) is 4. The molecule has 0 saturated heterocycles. The third kappa shape index (κ3) is 3.16. The average Bonchev–Trinajstić information content (AvgIpc) is 2.53. The predicted octanol–water partition coefficient (Wildman–Crippen LogP) is 3.40. The third-order valence-electron chi connectivity index (χ3n) is 3.21. The van der Waals surface area contributed by atoms with Crippen LogP contribution in [0.3, 0.4) is 0 Å². The maximum atomic E-state index is 11.4. The van der Waals surface area contributed by atoms with Gasteiger partial charge in [0.15, 0.2) is 17.8 Å². The molecule has 0 amide bonds. The first kappa shape index (κ1) is 14.9. The Morgan fingerprint density at radius 2 is 1.76 bits per heavy atom. The molecular weight excluding hydrogens is 268 g/mol. The van der Waals surface area contributed by atoms with E-state index in [0.717, 1.165) is 17.4 Å². The lowest BCUT2D eigenvalue weighted by molar-refractivity contribution is 0.111. The zero-order chi connectivity index (χ0) is 15.2. The molecule has 2 aromatic carbocycles. The van der Waals surface area contributed by atoms with Crippen LogP contribution in [-0.4, -0.2) is 20.5 Å². The van der Waals surface area contributed by atoms with Crippen LogP contribution in [0.25, 0.3) is 0 Å². The molecule has 0 aliphatic rings. The number of benzene rings is 2. The summed E-state index contributed by atoms with van der Waals surface area (Å²) >= 11 is 0. The summed E-state index contributed by atoms with van der Waals surface area (Å²) in [5.74, 6) is 1.39. The summed E-state index contributed by atoms with van der Waals surface area (Å²) in [7, 11) is 3.08. The van der Waals surface area contributed by atoms with Gasteiger partial charge in [0.05, 0.1) is 19.8 Å². The molecule has 110 valence electrons. The van der Waals surface area contributed by atoms with Gasteiger partial charge in [-0.3, -0.25) is 4.79 Å². The number of ether oxygens (including phenoxy) is 3. The lowest BCUT2D eigenvalue weighted by Gasteiger charge is -2.17. The second-order valence-electron chi connectivity index (χ2n) is 4.56. The number of carbonyl (C=O) groups excluding carboxylic acids is 1. The Bertz CT molecular complexity index is 620. The molecule has 0 aliphatic carbocycles. The van der Waals surface area contributed by atoms with Crippen molar-refractivity contribution in [3.05, 3.63) is 53.1 Å². The average molecular weight is 286 g/mol. The highest BCUT2D eigenvalue weighted by atomic mass is 16.5. The van der Waals surface area contributed by atoms with Gasteiger partial charge in [-0.15, -0.1) is 0 Å². The van der Waals surface area contributed by atoms with Gasteiger partial charge in [0.25, 0.3) is 0 Å². The van der Waals surface area contributed by atoms with Crippen LogP contribution < -0.4 is 14.2 Å². The molecule has 0 heterocycles. The van der Waals surface area contributed by atoms with Crippen LogP contribution in [0.15, 0.2) is 36.4 Å². The minimum absolute atomic E-state index is 0.352. The molecule has 0 unspecified atom stereocenters. The molecule has 2 aromatic rings. The molecule has 0 N–H and O–H groups in total. The molecule has 0 atom stereocenters. The zero-order valence-corrected chi connectivity index (χ0v) is 12.4. The monoisotopic (exact) mass is 286 g/mol. The van der Waals surface area contributed by atoms with Crippen molar-refractivity contribution in [1.29, 1.82) is 0 Å². The number of aryl methyl sites for hydroxylation is 1. The summed E-state index contributed by atoms with van der Waals surface area (Å²) in [5, 5.41) is 0. The molecule has 2 rings (SSSR count). The van der Waals surface area contributed by atoms with Gasteiger partial charge in [-0.05, 0) is 24.1 Å². The second-order valence-corrected chi connectivity index (χ2v) is 4.56. The fourth-order valence-electron chi connectivity index (χ4n) is 2.12. The van der Waals surface area contributed by atoms with Crippen molar-refractivity contribution in [2.45, 2.75) is 13.5 Å². The topological polar surface area (TPSA) is 44.8 Å². The van der Waals surface area contributed by atoms with Crippen LogP contribution in [0.1, 0.15) is 21.5 Å². The van der Waals surface area contributed by atoms with E-state index in [1.807, 2.05) is 37.3 Å². The maximum Gasteiger partial charge on any atom is 0.204 e. The van der Waals surface area contributed by atoms with E-state index in [1.165, 1.54) is 7.11 Å². The van der Waals surface area contributed by atoms with Crippen molar-refractivity contribution < 1.29 is 19.0 Å². The van der Waals surface area contributed by atoms with Crippen LogP contribution in [-0.2, 0) is 6.61 Å². The van der Waals surface area contributed by atoms with Crippen molar-refractivity contribution in [2.24, 2.45) is 0 Å². The van der Waals surface area contributed by atoms with Gasteiger partial charge in [0.2, 0.25) is 5.75 Å². The number of rotatable bonds is 6. The van der Waals surface area contributed by atoms with Gasteiger partial charge in [0, 0.05) is 0 Å². The van der Waals surface area contributed by atoms with E-state index in [1.54, 1.807) is 13.2 Å². The van der Waals surface area contributed by atoms with E-state index < -0.39 is 0 Å². The number of hydrogen-bond donors (Lipinski definition) is 0. The van der Waals surface area contributed by atoms with Gasteiger partial charge in [-0.1, -0.05) is 30.3 Å². The van der Waals surface area contributed by atoms with E-state index >= 15 is 0 Å². The molecule has 4 nitrogen and oxygen atoms in total. The number of carbonyl (C=O) groups is 1. The summed E-state index contributed by atoms with van der Waals surface area (Å²) < 4.78 is 16.5. The first-order chi connectivity index (χ1) is 10.2. The molecule has 0 saturated carbocycles. The molecule has 0 aliphatic heterocycles. The summed E-state index contributed by atoms with van der Waals surface area (Å²) in [4.78, 5) is 11.4. The molecule has 4 heteroatoms. The molecule has 0 radical (unpaired) electrons. The summed E-state index contributed by atoms with van der Waals surface area (Å²) in [5.41, 5.74) is 2.27. The molecule has 0 fully saturated rings. The maximum absolute atomic E-state index is 11.4. The fraction of sp³-hybridized carbons (Fsp3) is 0.235. The first-order valence-electron chi connectivity index (χ1n) is 6.58. The van der Waals surface area contributed by atoms with Gasteiger partial charge in [-0.2, -0.15) is 0 Å². The highest BCUT2D eigenvalue weighted by Gasteiger charge is 2.19. The Morgan fingerprint density at radius 1 is 1.05 bits per heavy atom. The third-order valence-corrected chi connectivity index (χ3v) is 3.21. The lowest BCUT2D eigenvalue weighted by atomic mass is 10.1. The fourth-order valence-corrected chi connectivity index (χ4v) is 2.12.